The SMILES string of the molecule is C.C.CC#N.C[O-].C[Si](C)(C)C#N.Fc1ccc(Br)nc1.N#Cc1nc(Br)ccc1F.NNc1ccccc1.Nc1c2nc(Br)ccc2nn1-c1ccccc1.Nc1c2nc(CO)ccc2nn1-c1ccccc1.[Na+].[O-][n+]1cc(F)ccc1Br. The summed E-state index contributed by atoms with van der Waals surface area (Å²) in [5, 5.41) is 60.4. The predicted molar refractivity (Wildman–Crippen MR) is 336 cm³/mol. The number of fused-ring (bicyclic) bond motifs is 2. The maximum atomic E-state index is 12.5. The molecule has 436 valence electrons. The van der Waals surface area contributed by atoms with Crippen molar-refractivity contribution in [1.29, 1.82) is 15.8 Å². The normalized spacial score (nSPS) is 9.24. The monoisotopic (exact) mass is 1430 g/mol. The topological polar surface area (TPSA) is 319 Å². The van der Waals surface area contributed by atoms with Crippen molar-refractivity contribution in [2.24, 2.45) is 5.84 Å². The molecule has 7 aromatic heterocycles. The maximum absolute atomic E-state index is 12.5. The number of anilines is 3. The van der Waals surface area contributed by atoms with E-state index in [9.17, 15) is 18.4 Å². The first-order valence-corrected chi connectivity index (χ1v) is 29.7. The minimum atomic E-state index is -1.33. The Bertz CT molecular complexity index is 3600. The fourth-order valence-electron chi connectivity index (χ4n) is 5.43. The molecule has 28 heteroatoms. The zero-order valence-corrected chi connectivity index (χ0v) is 54.1. The third-order valence-electron chi connectivity index (χ3n) is 9.01. The Morgan fingerprint density at radius 3 is 1.45 bits per heavy atom. The Labute approximate surface area is 543 Å². The molecule has 0 amide bonds. The molecule has 84 heavy (non-hydrogen) atoms. The molecule has 0 aliphatic heterocycles. The predicted octanol–water partition coefficient (Wildman–Crippen LogP) is 9.46. The van der Waals surface area contributed by atoms with E-state index >= 15 is 0 Å². The Hall–Kier alpha value is -7.17. The van der Waals surface area contributed by atoms with Gasteiger partial charge < -0.3 is 32.3 Å². The van der Waals surface area contributed by atoms with Gasteiger partial charge in [-0.05, 0) is 139 Å². The number of nitrogens with two attached hydrogens (primary N) is 3. The summed E-state index contributed by atoms with van der Waals surface area (Å²) in [6.45, 7) is 7.39. The number of halogens is 7. The molecule has 7 heterocycles. The number of hydrogen-bond acceptors (Lipinski definition) is 16. The second kappa shape index (κ2) is 42.6. The van der Waals surface area contributed by atoms with Gasteiger partial charge in [-0.3, -0.25) is 5.84 Å². The van der Waals surface area contributed by atoms with Crippen LogP contribution in [0, 0.1) is 56.3 Å². The van der Waals surface area contributed by atoms with Gasteiger partial charge in [-0.15, -0.1) is 0 Å². The van der Waals surface area contributed by atoms with E-state index in [0.29, 0.717) is 52.4 Å². The van der Waals surface area contributed by atoms with Gasteiger partial charge >= 0.3 is 29.6 Å². The number of nitrogens with one attached hydrogen (secondary N) is 1. The van der Waals surface area contributed by atoms with E-state index in [2.05, 4.69) is 105 Å². The number of hydrazine groups is 1. The van der Waals surface area contributed by atoms with E-state index in [1.807, 2.05) is 129 Å². The molecule has 3 aromatic carbocycles. The first-order valence-electron chi connectivity index (χ1n) is 23.0. The van der Waals surface area contributed by atoms with E-state index in [1.165, 1.54) is 37.3 Å². The van der Waals surface area contributed by atoms with E-state index in [-0.39, 0.29) is 62.5 Å². The zero-order valence-electron chi connectivity index (χ0n) is 44.8. The first-order chi connectivity index (χ1) is 38.7. The summed E-state index contributed by atoms with van der Waals surface area (Å²) < 4.78 is 42.5. The molecular weight excluding hydrogens is 1370 g/mol. The van der Waals surface area contributed by atoms with Crippen molar-refractivity contribution in [1.82, 2.24) is 39.5 Å². The van der Waals surface area contributed by atoms with Gasteiger partial charge in [0.15, 0.2) is 37.0 Å². The van der Waals surface area contributed by atoms with Crippen LogP contribution >= 0.6 is 63.7 Å². The van der Waals surface area contributed by atoms with Gasteiger partial charge in [-0.25, -0.2) is 47.7 Å². The molecule has 0 atom stereocenters. The summed E-state index contributed by atoms with van der Waals surface area (Å²) >= 11 is 12.3. The number of benzene rings is 3. The number of aromatic nitrogens is 9. The number of aliphatic hydroxyl groups is 1. The van der Waals surface area contributed by atoms with Gasteiger partial charge in [0.1, 0.15) is 47.8 Å². The number of para-hydroxylation sites is 3. The molecule has 19 nitrogen and oxygen atoms in total. The van der Waals surface area contributed by atoms with Gasteiger partial charge in [0.25, 0.3) is 4.60 Å². The van der Waals surface area contributed by atoms with Crippen LogP contribution in [-0.2, 0) is 6.61 Å². The fourth-order valence-corrected chi connectivity index (χ4v) is 6.52. The molecular formula is C56H60Br4F3N16NaO3Si. The number of rotatable bonds is 4. The second-order valence-electron chi connectivity index (χ2n) is 16.1. The summed E-state index contributed by atoms with van der Waals surface area (Å²) in [6.07, 6.45) is 2.01. The van der Waals surface area contributed by atoms with E-state index in [4.69, 9.17) is 43.3 Å². The Morgan fingerprint density at radius 2 is 1.07 bits per heavy atom. The smallest absolute Gasteiger partial charge is 0.857 e. The average molecular weight is 1430 g/mol. The van der Waals surface area contributed by atoms with Crippen molar-refractivity contribution in [3.8, 4) is 29.2 Å². The molecule has 0 radical (unpaired) electrons. The molecule has 0 saturated carbocycles. The summed E-state index contributed by atoms with van der Waals surface area (Å²) in [6, 6.07) is 47.7. The standard InChI is InChI=1S/C13H12N4O.C12H9BrN4.C6H2BrFN2.C6H8N2.C5H3BrFNO.C5H3BrFN.C4H9NSi.C2H3N.CH3O.2CH4.Na/c14-13-12-11(7-6-9(8-18)15-12)16-17(13)10-4-2-1-3-5-10;13-10-7-6-9-11(15-10)12(14)17(16-9)8-4-2-1-3-5-8;7-6-2-1-4(8)5(3-9)10-6;7-8-6-4-2-1-3-5-6;6-5-2-1-4(7)3-8(5)9;6-5-2-1-4(7)3-8-5;1-6(2,3)4-5;1-2-3;1-2;;;/h1-7,18H,8,14H2;1-7H,14H2;1-2H;1-5,8H,7H2;1-3H;1-3H;1-3H3;1H3;1H3;2*1H4;/q;;;;;;;;-1;;;+1. The zero-order chi connectivity index (χ0) is 60.5. The Morgan fingerprint density at radius 1 is 0.643 bits per heavy atom. The molecule has 0 fully saturated rings. The number of nitrogens with zero attached hydrogens (tertiary/aromatic N) is 12. The molecule has 0 saturated heterocycles. The molecule has 0 bridgehead atoms. The van der Waals surface area contributed by atoms with Crippen molar-refractivity contribution in [2.75, 3.05) is 24.0 Å². The minimum absolute atomic E-state index is 0. The minimum Gasteiger partial charge on any atom is -0.857 e. The van der Waals surface area contributed by atoms with Crippen molar-refractivity contribution in [3.63, 3.8) is 0 Å². The molecule has 10 aromatic rings. The van der Waals surface area contributed by atoms with Gasteiger partial charge in [-0.1, -0.05) is 89.1 Å². The van der Waals surface area contributed by atoms with Gasteiger partial charge in [0, 0.05) is 40.3 Å². The van der Waals surface area contributed by atoms with Crippen LogP contribution in [0.1, 0.15) is 33.2 Å². The van der Waals surface area contributed by atoms with Gasteiger partial charge in [-0.2, -0.15) is 32.6 Å². The second-order valence-corrected chi connectivity index (χ2v) is 24.0. The Kier molecular flexibility index (Phi) is 40.0. The van der Waals surface area contributed by atoms with Crippen molar-refractivity contribution in [2.45, 2.75) is 48.0 Å². The van der Waals surface area contributed by atoms with Gasteiger partial charge in [0.05, 0.1) is 35.9 Å². The van der Waals surface area contributed by atoms with Crippen LogP contribution in [-0.4, -0.2) is 59.8 Å². The van der Waals surface area contributed by atoms with E-state index in [1.54, 1.807) is 33.6 Å². The van der Waals surface area contributed by atoms with Crippen molar-refractivity contribution >= 4 is 111 Å². The van der Waals surface area contributed by atoms with E-state index in [0.717, 1.165) is 46.7 Å². The number of hydrogen-bond donors (Lipinski definition) is 5. The summed E-state index contributed by atoms with van der Waals surface area (Å²) in [4.78, 5) is 15.8. The van der Waals surface area contributed by atoms with Gasteiger partial charge in [0.2, 0.25) is 6.20 Å². The molecule has 8 N–H and O–H groups in total. The largest absolute Gasteiger partial charge is 1.00 e. The number of pyridine rings is 5. The number of nitriles is 3. The summed E-state index contributed by atoms with van der Waals surface area (Å²) in [5.41, 5.74) is 22.9. The van der Waals surface area contributed by atoms with Crippen LogP contribution < -0.4 is 62.1 Å². The van der Waals surface area contributed by atoms with Crippen LogP contribution in [0.15, 0.2) is 182 Å². The van der Waals surface area contributed by atoms with Crippen LogP contribution in [0.5, 0.6) is 0 Å². The first kappa shape index (κ1) is 78.9. The molecule has 0 spiro atoms. The van der Waals surface area contributed by atoms with Crippen LogP contribution in [0.3, 0.4) is 0 Å². The summed E-state index contributed by atoms with van der Waals surface area (Å²) in [7, 11) is -0.576. The molecule has 0 aliphatic rings. The quantitative estimate of drug-likeness (QED) is 0.0273. The van der Waals surface area contributed by atoms with Crippen LogP contribution in [0.25, 0.3) is 33.4 Å². The van der Waals surface area contributed by atoms with Crippen molar-refractivity contribution < 1.29 is 57.7 Å². The molecule has 0 aliphatic carbocycles. The maximum Gasteiger partial charge on any atom is 1.00 e. The third-order valence-corrected chi connectivity index (χ3v) is 11.6. The summed E-state index contributed by atoms with van der Waals surface area (Å²) in [5.74, 6) is 4.69. The fraction of sp³-hybridized carbons (Fsp3) is 0.143. The van der Waals surface area contributed by atoms with E-state index < -0.39 is 19.7 Å². The Balaban J connectivity index is 0. The van der Waals surface area contributed by atoms with Crippen molar-refractivity contribution in [3.05, 3.63) is 217 Å². The number of nitrogen functional groups attached to an aromatic ring is 3. The molecule has 10 rings (SSSR count). The third kappa shape index (κ3) is 28.4. The van der Waals surface area contributed by atoms with Crippen LogP contribution in [0.4, 0.5) is 30.5 Å². The van der Waals surface area contributed by atoms with Crippen LogP contribution in [0.2, 0.25) is 19.6 Å². The average Bonchev–Trinajstić information content (AvgIpc) is 4.25. The molecule has 0 unspecified atom stereocenters. The number of aliphatic hydroxyl groups excluding tert-OH is 1.